The van der Waals surface area contributed by atoms with Crippen molar-refractivity contribution >= 4 is 26.0 Å². The zero-order valence-corrected chi connectivity index (χ0v) is 8.59. The van der Waals surface area contributed by atoms with Crippen molar-refractivity contribution in [2.75, 3.05) is 0 Å². The first-order valence-electron chi connectivity index (χ1n) is 3.83. The number of benzene rings is 1. The second-order valence-electron chi connectivity index (χ2n) is 2.63. The minimum absolute atomic E-state index is 0.661. The van der Waals surface area contributed by atoms with Crippen LogP contribution in [0, 0.1) is 0 Å². The van der Waals surface area contributed by atoms with Gasteiger partial charge in [0.1, 0.15) is 0 Å². The maximum absolute atomic E-state index is 4.46. The molecular weight excluding hydrogens is 215 g/mol. The molecule has 1 aromatic carbocycles. The zero-order valence-electron chi connectivity index (χ0n) is 6.87. The standard InChI is InChI=1S/C9H10N2Se/c1-12-6-9-10-7-4-2-3-5-8(7)11-9/h2-5H,6H2,1H3,(H,10,11). The second kappa shape index (κ2) is 3.30. The molecule has 0 saturated carbocycles. The van der Waals surface area contributed by atoms with E-state index in [-0.39, 0.29) is 0 Å². The monoisotopic (exact) mass is 226 g/mol. The molecule has 0 amide bonds. The van der Waals surface area contributed by atoms with Gasteiger partial charge < -0.3 is 0 Å². The summed E-state index contributed by atoms with van der Waals surface area (Å²) in [6.45, 7) is 0. The number of aromatic amines is 1. The SMILES string of the molecule is C[Se]Cc1nc2ccccc2[nH]1. The normalized spacial score (nSPS) is 10.8. The third-order valence-electron chi connectivity index (χ3n) is 1.72. The second-order valence-corrected chi connectivity index (χ2v) is 4.45. The van der Waals surface area contributed by atoms with Crippen LogP contribution in [0.2, 0.25) is 5.82 Å². The van der Waals surface area contributed by atoms with E-state index in [1.54, 1.807) is 0 Å². The van der Waals surface area contributed by atoms with Crippen molar-refractivity contribution in [1.29, 1.82) is 0 Å². The van der Waals surface area contributed by atoms with Crippen LogP contribution in [0.5, 0.6) is 0 Å². The zero-order chi connectivity index (χ0) is 8.39. The molecule has 2 aromatic rings. The average Bonchev–Trinajstić information content (AvgIpc) is 2.47. The molecule has 0 radical (unpaired) electrons. The molecule has 0 saturated heterocycles. The van der Waals surface area contributed by atoms with Gasteiger partial charge >= 0.3 is 77.2 Å². The average molecular weight is 225 g/mol. The van der Waals surface area contributed by atoms with Gasteiger partial charge in [0.15, 0.2) is 0 Å². The Morgan fingerprint density at radius 3 is 3.00 bits per heavy atom. The van der Waals surface area contributed by atoms with Crippen molar-refractivity contribution in [3.05, 3.63) is 30.1 Å². The number of rotatable bonds is 2. The van der Waals surface area contributed by atoms with Crippen molar-refractivity contribution in [3.63, 3.8) is 0 Å². The topological polar surface area (TPSA) is 28.7 Å². The molecule has 0 atom stereocenters. The van der Waals surface area contributed by atoms with Gasteiger partial charge in [-0.15, -0.1) is 0 Å². The maximum atomic E-state index is 4.46. The summed E-state index contributed by atoms with van der Waals surface area (Å²) in [5.41, 5.74) is 2.23. The van der Waals surface area contributed by atoms with Crippen LogP contribution < -0.4 is 0 Å². The Hall–Kier alpha value is -0.791. The first-order valence-corrected chi connectivity index (χ1v) is 6.75. The first-order chi connectivity index (χ1) is 5.90. The molecule has 0 aliphatic carbocycles. The third-order valence-corrected chi connectivity index (χ3v) is 2.90. The number of para-hydroxylation sites is 2. The summed E-state index contributed by atoms with van der Waals surface area (Å²) < 4.78 is 0. The number of H-pyrrole nitrogens is 1. The summed E-state index contributed by atoms with van der Waals surface area (Å²) in [7, 11) is 0. The number of aromatic nitrogens is 2. The molecular formula is C9H10N2Se. The van der Waals surface area contributed by atoms with Crippen LogP contribution in [0.4, 0.5) is 0 Å². The van der Waals surface area contributed by atoms with Crippen LogP contribution in [-0.2, 0) is 5.32 Å². The van der Waals surface area contributed by atoms with Crippen molar-refractivity contribution in [3.8, 4) is 0 Å². The Morgan fingerprint density at radius 1 is 1.42 bits per heavy atom. The van der Waals surface area contributed by atoms with Gasteiger partial charge in [-0.2, -0.15) is 0 Å². The van der Waals surface area contributed by atoms with E-state index in [0.717, 1.165) is 22.2 Å². The number of hydrogen-bond donors (Lipinski definition) is 1. The molecule has 0 spiro atoms. The van der Waals surface area contributed by atoms with E-state index in [1.807, 2.05) is 18.2 Å². The van der Waals surface area contributed by atoms with Gasteiger partial charge in [-0.1, -0.05) is 0 Å². The summed E-state index contributed by atoms with van der Waals surface area (Å²) in [6, 6.07) is 8.15. The number of hydrogen-bond acceptors (Lipinski definition) is 1. The van der Waals surface area contributed by atoms with Crippen LogP contribution in [-0.4, -0.2) is 24.9 Å². The van der Waals surface area contributed by atoms with E-state index in [9.17, 15) is 0 Å². The number of imidazole rings is 1. The summed E-state index contributed by atoms with van der Waals surface area (Å²) in [5.74, 6) is 3.35. The quantitative estimate of drug-likeness (QED) is 0.776. The van der Waals surface area contributed by atoms with E-state index >= 15 is 0 Å². The van der Waals surface area contributed by atoms with E-state index in [2.05, 4.69) is 21.9 Å². The molecule has 0 unspecified atom stereocenters. The van der Waals surface area contributed by atoms with Crippen molar-refractivity contribution in [1.82, 2.24) is 9.97 Å². The van der Waals surface area contributed by atoms with Gasteiger partial charge in [-0.25, -0.2) is 0 Å². The van der Waals surface area contributed by atoms with E-state index < -0.39 is 0 Å². The number of nitrogens with zero attached hydrogens (tertiary/aromatic N) is 1. The summed E-state index contributed by atoms with van der Waals surface area (Å²) >= 11 is 0.661. The Bertz CT molecular complexity index is 348. The fourth-order valence-corrected chi connectivity index (χ4v) is 2.07. The van der Waals surface area contributed by atoms with Gasteiger partial charge in [0.2, 0.25) is 0 Å². The van der Waals surface area contributed by atoms with E-state index in [0.29, 0.717) is 15.0 Å². The van der Waals surface area contributed by atoms with Crippen LogP contribution in [0.25, 0.3) is 11.0 Å². The van der Waals surface area contributed by atoms with Crippen molar-refractivity contribution < 1.29 is 0 Å². The molecule has 1 aromatic heterocycles. The Morgan fingerprint density at radius 2 is 2.25 bits per heavy atom. The summed E-state index contributed by atoms with van der Waals surface area (Å²) in [5, 5.41) is 1.10. The molecule has 2 nitrogen and oxygen atoms in total. The molecule has 3 heteroatoms. The van der Waals surface area contributed by atoms with E-state index in [4.69, 9.17) is 0 Å². The third kappa shape index (κ3) is 1.38. The van der Waals surface area contributed by atoms with E-state index in [1.165, 1.54) is 0 Å². The predicted octanol–water partition coefficient (Wildman–Crippen LogP) is 1.82. The molecule has 0 bridgehead atoms. The van der Waals surface area contributed by atoms with Crippen LogP contribution in [0.15, 0.2) is 24.3 Å². The molecule has 0 aliphatic heterocycles. The fraction of sp³-hybridized carbons (Fsp3) is 0.222. The number of fused-ring (bicyclic) bond motifs is 1. The summed E-state index contributed by atoms with van der Waals surface area (Å²) in [6.07, 6.45) is 0. The van der Waals surface area contributed by atoms with Gasteiger partial charge in [-0.05, 0) is 0 Å². The van der Waals surface area contributed by atoms with Gasteiger partial charge in [0.25, 0.3) is 0 Å². The summed E-state index contributed by atoms with van der Waals surface area (Å²) in [4.78, 5) is 7.76. The first kappa shape index (κ1) is 7.84. The van der Waals surface area contributed by atoms with Crippen LogP contribution in [0.1, 0.15) is 5.82 Å². The minimum atomic E-state index is 0.661. The Kier molecular flexibility index (Phi) is 2.15. The van der Waals surface area contributed by atoms with Crippen molar-refractivity contribution in [2.24, 2.45) is 0 Å². The van der Waals surface area contributed by atoms with Gasteiger partial charge in [0.05, 0.1) is 0 Å². The van der Waals surface area contributed by atoms with Crippen LogP contribution >= 0.6 is 0 Å². The Balaban J connectivity index is 2.47. The molecule has 12 heavy (non-hydrogen) atoms. The Labute approximate surface area is 77.6 Å². The van der Waals surface area contributed by atoms with Crippen molar-refractivity contribution in [2.45, 2.75) is 11.1 Å². The molecule has 0 aliphatic rings. The van der Waals surface area contributed by atoms with Gasteiger partial charge in [-0.3, -0.25) is 0 Å². The molecule has 1 heterocycles. The number of nitrogens with one attached hydrogen (secondary N) is 1. The molecule has 62 valence electrons. The molecule has 1 N–H and O–H groups in total. The van der Waals surface area contributed by atoms with Crippen LogP contribution in [0.3, 0.4) is 0 Å². The fourth-order valence-electron chi connectivity index (χ4n) is 1.21. The molecule has 2 rings (SSSR count). The molecule has 0 fully saturated rings. The predicted molar refractivity (Wildman–Crippen MR) is 51.4 cm³/mol. The van der Waals surface area contributed by atoms with Gasteiger partial charge in [0, 0.05) is 0 Å².